The number of aromatic amines is 1. The summed E-state index contributed by atoms with van der Waals surface area (Å²) in [6.45, 7) is 0. The summed E-state index contributed by atoms with van der Waals surface area (Å²) in [6.07, 6.45) is -0.337. The van der Waals surface area contributed by atoms with Crippen LogP contribution in [0.1, 0.15) is 6.42 Å². The number of carbonyl (C=O) groups excluding carboxylic acids is 1. The summed E-state index contributed by atoms with van der Waals surface area (Å²) in [5.41, 5.74) is 0.856. The summed E-state index contributed by atoms with van der Waals surface area (Å²) in [5.74, 6) is -0.821. The summed E-state index contributed by atoms with van der Waals surface area (Å²) in [7, 11) is 0. The van der Waals surface area contributed by atoms with Crippen LogP contribution < -0.4 is 0 Å². The van der Waals surface area contributed by atoms with Crippen molar-refractivity contribution < 1.29 is 9.90 Å². The lowest BCUT2D eigenvalue weighted by Gasteiger charge is -1.92. The molecule has 2 aromatic rings. The Labute approximate surface area is 110 Å². The number of carbonyl (C=O) groups is 1. The average molecular weight is 307 g/mol. The fourth-order valence-electron chi connectivity index (χ4n) is 1.45. The van der Waals surface area contributed by atoms with Gasteiger partial charge in [0.25, 0.3) is 5.91 Å². The second-order valence-corrected chi connectivity index (χ2v) is 4.36. The molecule has 0 radical (unpaired) electrons. The van der Waals surface area contributed by atoms with Crippen LogP contribution >= 0.6 is 15.9 Å². The molecule has 0 aliphatic carbocycles. The Balaban J connectivity index is 2.44. The fourth-order valence-corrected chi connectivity index (χ4v) is 1.81. The van der Waals surface area contributed by atoms with Gasteiger partial charge in [0.15, 0.2) is 5.69 Å². The number of benzene rings is 1. The SMILES string of the molecule is N#CCC(=O)N=Nc1c(O)[nH]c2ccc(Br)cc12. The van der Waals surface area contributed by atoms with E-state index in [0.29, 0.717) is 10.9 Å². The summed E-state index contributed by atoms with van der Waals surface area (Å²) < 4.78 is 0.814. The number of rotatable bonds is 2. The molecule has 2 rings (SSSR count). The van der Waals surface area contributed by atoms with E-state index in [4.69, 9.17) is 5.26 Å². The lowest BCUT2D eigenvalue weighted by Crippen LogP contribution is -1.87. The first-order valence-electron chi connectivity index (χ1n) is 4.93. The number of hydrogen-bond donors (Lipinski definition) is 2. The Morgan fingerprint density at radius 2 is 2.33 bits per heavy atom. The van der Waals surface area contributed by atoms with Crippen LogP contribution in [0.5, 0.6) is 5.88 Å². The van der Waals surface area contributed by atoms with Gasteiger partial charge in [-0.25, -0.2) is 0 Å². The van der Waals surface area contributed by atoms with Gasteiger partial charge in [0.05, 0.1) is 11.6 Å². The number of H-pyrrole nitrogens is 1. The average Bonchev–Trinajstić information content (AvgIpc) is 2.62. The minimum Gasteiger partial charge on any atom is -0.493 e. The number of halogens is 1. The van der Waals surface area contributed by atoms with Crippen molar-refractivity contribution in [1.82, 2.24) is 4.98 Å². The molecule has 7 heteroatoms. The van der Waals surface area contributed by atoms with Gasteiger partial charge in [0, 0.05) is 9.86 Å². The van der Waals surface area contributed by atoms with E-state index in [0.717, 1.165) is 4.47 Å². The van der Waals surface area contributed by atoms with Crippen LogP contribution in [-0.4, -0.2) is 16.0 Å². The molecule has 1 aromatic carbocycles. The quantitative estimate of drug-likeness (QED) is 0.833. The highest BCUT2D eigenvalue weighted by molar-refractivity contribution is 9.10. The van der Waals surface area contributed by atoms with E-state index in [1.54, 1.807) is 24.3 Å². The molecule has 1 amide bonds. The van der Waals surface area contributed by atoms with Crippen LogP contribution in [0.2, 0.25) is 0 Å². The second kappa shape index (κ2) is 4.98. The number of amides is 1. The summed E-state index contributed by atoms with van der Waals surface area (Å²) in [6, 6.07) is 6.99. The van der Waals surface area contributed by atoms with Gasteiger partial charge >= 0.3 is 0 Å². The lowest BCUT2D eigenvalue weighted by molar-refractivity contribution is -0.117. The van der Waals surface area contributed by atoms with E-state index in [-0.39, 0.29) is 18.0 Å². The van der Waals surface area contributed by atoms with E-state index < -0.39 is 5.91 Å². The highest BCUT2D eigenvalue weighted by Gasteiger charge is 2.11. The molecule has 0 fully saturated rings. The zero-order chi connectivity index (χ0) is 13.1. The summed E-state index contributed by atoms with van der Waals surface area (Å²) in [5, 5.41) is 25.7. The first kappa shape index (κ1) is 12.3. The van der Waals surface area contributed by atoms with Crippen LogP contribution in [0.3, 0.4) is 0 Å². The molecular weight excluding hydrogens is 300 g/mol. The molecule has 90 valence electrons. The van der Waals surface area contributed by atoms with Gasteiger partial charge < -0.3 is 10.1 Å². The molecule has 0 saturated carbocycles. The normalized spacial score (nSPS) is 10.9. The molecule has 1 aromatic heterocycles. The van der Waals surface area contributed by atoms with Gasteiger partial charge in [-0.2, -0.15) is 5.26 Å². The lowest BCUT2D eigenvalue weighted by atomic mass is 10.2. The summed E-state index contributed by atoms with van der Waals surface area (Å²) >= 11 is 3.30. The smallest absolute Gasteiger partial charge is 0.278 e. The molecule has 0 aliphatic heterocycles. The maximum Gasteiger partial charge on any atom is 0.278 e. The first-order valence-corrected chi connectivity index (χ1v) is 5.73. The maximum absolute atomic E-state index is 11.1. The molecule has 0 aliphatic rings. The number of hydrogen-bond acceptors (Lipinski definition) is 4. The first-order chi connectivity index (χ1) is 8.61. The fraction of sp³-hybridized carbons (Fsp3) is 0.0909. The van der Waals surface area contributed by atoms with Gasteiger partial charge in [0.2, 0.25) is 5.88 Å². The number of nitriles is 1. The van der Waals surface area contributed by atoms with Crippen molar-refractivity contribution in [2.24, 2.45) is 10.2 Å². The van der Waals surface area contributed by atoms with E-state index in [1.165, 1.54) is 0 Å². The number of aromatic nitrogens is 1. The standard InChI is InChI=1S/C11H7BrN4O2/c12-6-1-2-8-7(5-6)10(11(18)14-8)16-15-9(17)3-4-13/h1-2,5,14,18H,3H2. The third-order valence-electron chi connectivity index (χ3n) is 2.21. The second-order valence-electron chi connectivity index (χ2n) is 3.44. The highest BCUT2D eigenvalue weighted by Crippen LogP contribution is 2.36. The monoisotopic (exact) mass is 306 g/mol. The minimum atomic E-state index is -0.652. The molecular formula is C11H7BrN4O2. The molecule has 1 heterocycles. The van der Waals surface area contributed by atoms with Gasteiger partial charge in [-0.15, -0.1) is 10.2 Å². The van der Waals surface area contributed by atoms with Crippen molar-refractivity contribution >= 4 is 38.4 Å². The minimum absolute atomic E-state index is 0.170. The van der Waals surface area contributed by atoms with Crippen LogP contribution in [0, 0.1) is 11.3 Å². The number of nitrogens with zero attached hydrogens (tertiary/aromatic N) is 3. The summed E-state index contributed by atoms with van der Waals surface area (Å²) in [4.78, 5) is 13.8. The van der Waals surface area contributed by atoms with E-state index in [1.807, 2.05) is 0 Å². The Morgan fingerprint density at radius 1 is 1.56 bits per heavy atom. The third kappa shape index (κ3) is 2.38. The number of azo groups is 1. The van der Waals surface area contributed by atoms with Crippen molar-refractivity contribution in [3.8, 4) is 11.9 Å². The number of nitrogens with one attached hydrogen (secondary N) is 1. The Kier molecular flexibility index (Phi) is 3.39. The van der Waals surface area contributed by atoms with Crippen molar-refractivity contribution in [3.05, 3.63) is 22.7 Å². The Morgan fingerprint density at radius 3 is 3.06 bits per heavy atom. The predicted molar refractivity (Wildman–Crippen MR) is 67.4 cm³/mol. The number of aromatic hydroxyl groups is 1. The van der Waals surface area contributed by atoms with Crippen molar-refractivity contribution in [1.29, 1.82) is 5.26 Å². The van der Waals surface area contributed by atoms with Crippen molar-refractivity contribution in [3.63, 3.8) is 0 Å². The van der Waals surface area contributed by atoms with Crippen LogP contribution in [0.4, 0.5) is 5.69 Å². The third-order valence-corrected chi connectivity index (χ3v) is 2.70. The van der Waals surface area contributed by atoms with Crippen molar-refractivity contribution in [2.45, 2.75) is 6.42 Å². The molecule has 0 bridgehead atoms. The van der Waals surface area contributed by atoms with Crippen LogP contribution in [-0.2, 0) is 4.79 Å². The molecule has 18 heavy (non-hydrogen) atoms. The van der Waals surface area contributed by atoms with Gasteiger partial charge in [-0.05, 0) is 18.2 Å². The molecule has 0 spiro atoms. The maximum atomic E-state index is 11.1. The van der Waals surface area contributed by atoms with E-state index in [9.17, 15) is 9.90 Å². The largest absolute Gasteiger partial charge is 0.493 e. The van der Waals surface area contributed by atoms with Crippen molar-refractivity contribution in [2.75, 3.05) is 0 Å². The Hall–Kier alpha value is -2.20. The van der Waals surface area contributed by atoms with Gasteiger partial charge in [-0.3, -0.25) is 4.79 Å². The zero-order valence-electron chi connectivity index (χ0n) is 9.01. The van der Waals surface area contributed by atoms with Crippen LogP contribution in [0.25, 0.3) is 10.9 Å². The van der Waals surface area contributed by atoms with Gasteiger partial charge in [-0.1, -0.05) is 15.9 Å². The number of fused-ring (bicyclic) bond motifs is 1. The van der Waals surface area contributed by atoms with Crippen LogP contribution in [0.15, 0.2) is 32.9 Å². The highest BCUT2D eigenvalue weighted by atomic mass is 79.9. The molecule has 2 N–H and O–H groups in total. The van der Waals surface area contributed by atoms with E-state index in [2.05, 4.69) is 31.1 Å². The predicted octanol–water partition coefficient (Wildman–Crippen LogP) is 3.16. The molecule has 0 saturated heterocycles. The van der Waals surface area contributed by atoms with E-state index >= 15 is 0 Å². The topological polar surface area (TPSA) is 102 Å². The Bertz CT molecular complexity index is 684. The zero-order valence-corrected chi connectivity index (χ0v) is 10.6. The molecule has 0 unspecified atom stereocenters. The molecule has 6 nitrogen and oxygen atoms in total. The molecule has 0 atom stereocenters. The van der Waals surface area contributed by atoms with Gasteiger partial charge in [0.1, 0.15) is 6.42 Å².